The third-order valence-corrected chi connectivity index (χ3v) is 2.81. The van der Waals surface area contributed by atoms with E-state index in [1.807, 2.05) is 6.07 Å². The number of rotatable bonds is 7. The summed E-state index contributed by atoms with van der Waals surface area (Å²) in [6, 6.07) is 6.38. The predicted octanol–water partition coefficient (Wildman–Crippen LogP) is 0.419. The van der Waals surface area contributed by atoms with Crippen LogP contribution in [-0.2, 0) is 16.1 Å². The largest absolute Gasteiger partial charge is 0.480 e. The molecule has 5 N–H and O–H groups in total. The van der Waals surface area contributed by atoms with E-state index in [9.17, 15) is 14.7 Å². The first-order valence-electron chi connectivity index (χ1n) is 6.03. The Bertz CT molecular complexity index is 462. The fourth-order valence-electron chi connectivity index (χ4n) is 1.99. The van der Waals surface area contributed by atoms with Gasteiger partial charge in [0.2, 0.25) is 5.91 Å². The normalized spacial score (nSPS) is 12.3. The van der Waals surface area contributed by atoms with Crippen LogP contribution in [0.2, 0.25) is 0 Å². The molecule has 0 aliphatic carbocycles. The molecule has 1 atom stereocenters. The average molecular weight is 265 g/mol. The van der Waals surface area contributed by atoms with Gasteiger partial charge in [-0.1, -0.05) is 19.1 Å². The topological polar surface area (TPSA) is 110 Å². The van der Waals surface area contributed by atoms with Gasteiger partial charge < -0.3 is 16.6 Å². The average Bonchev–Trinajstić information content (AvgIpc) is 2.28. The number of carboxylic acids is 1. The molecule has 0 bridgehead atoms. The summed E-state index contributed by atoms with van der Waals surface area (Å²) in [5.74, 6) is -1.52. The maximum absolute atomic E-state index is 11.2. The van der Waals surface area contributed by atoms with Gasteiger partial charge in [-0.15, -0.1) is 0 Å². The highest BCUT2D eigenvalue weighted by Crippen LogP contribution is 2.13. The highest BCUT2D eigenvalue weighted by molar-refractivity contribution is 5.78. The number of nitrogens with two attached hydrogens (primary N) is 2. The molecule has 0 aliphatic rings. The van der Waals surface area contributed by atoms with Crippen LogP contribution in [-0.4, -0.2) is 34.5 Å². The Labute approximate surface area is 112 Å². The zero-order valence-corrected chi connectivity index (χ0v) is 10.9. The van der Waals surface area contributed by atoms with Crippen molar-refractivity contribution >= 4 is 17.6 Å². The smallest absolute Gasteiger partial charge is 0.320 e. The SMILES string of the molecule is CCC(C(=O)O)N(CC(N)=O)Cc1cccc(N)c1. The van der Waals surface area contributed by atoms with E-state index in [0.29, 0.717) is 18.7 Å². The lowest BCUT2D eigenvalue weighted by Crippen LogP contribution is -2.44. The van der Waals surface area contributed by atoms with Crippen molar-refractivity contribution < 1.29 is 14.7 Å². The van der Waals surface area contributed by atoms with Crippen molar-refractivity contribution in [2.24, 2.45) is 5.73 Å². The summed E-state index contributed by atoms with van der Waals surface area (Å²) in [6.07, 6.45) is 0.394. The quantitative estimate of drug-likeness (QED) is 0.619. The van der Waals surface area contributed by atoms with Gasteiger partial charge in [-0.3, -0.25) is 14.5 Å². The third-order valence-electron chi connectivity index (χ3n) is 2.81. The molecule has 0 saturated carbocycles. The number of primary amides is 1. The summed E-state index contributed by atoms with van der Waals surface area (Å²) in [4.78, 5) is 23.8. The Morgan fingerprint density at radius 2 is 2.11 bits per heavy atom. The minimum atomic E-state index is -0.965. The number of carbonyl (C=O) groups is 2. The summed E-state index contributed by atoms with van der Waals surface area (Å²) in [6.45, 7) is 1.98. The van der Waals surface area contributed by atoms with Crippen LogP contribution in [0.1, 0.15) is 18.9 Å². The van der Waals surface area contributed by atoms with E-state index < -0.39 is 17.9 Å². The van der Waals surface area contributed by atoms with Gasteiger partial charge in [0.25, 0.3) is 0 Å². The van der Waals surface area contributed by atoms with Gasteiger partial charge in [0.15, 0.2) is 0 Å². The molecule has 0 saturated heterocycles. The van der Waals surface area contributed by atoms with Crippen molar-refractivity contribution in [3.63, 3.8) is 0 Å². The molecule has 1 aromatic carbocycles. The summed E-state index contributed by atoms with van der Waals surface area (Å²) in [5.41, 5.74) is 12.3. The van der Waals surface area contributed by atoms with Gasteiger partial charge in [0, 0.05) is 12.2 Å². The van der Waals surface area contributed by atoms with Crippen LogP contribution in [0, 0.1) is 0 Å². The first kappa shape index (κ1) is 15.0. The van der Waals surface area contributed by atoms with E-state index in [1.54, 1.807) is 30.0 Å². The maximum Gasteiger partial charge on any atom is 0.320 e. The van der Waals surface area contributed by atoms with Crippen molar-refractivity contribution in [1.29, 1.82) is 0 Å². The molecule has 0 radical (unpaired) electrons. The second-order valence-corrected chi connectivity index (χ2v) is 4.38. The summed E-state index contributed by atoms with van der Waals surface area (Å²) in [5, 5.41) is 9.17. The molecule has 6 nitrogen and oxygen atoms in total. The Kier molecular flexibility index (Phi) is 5.32. The predicted molar refractivity (Wildman–Crippen MR) is 72.2 cm³/mol. The van der Waals surface area contributed by atoms with Crippen LogP contribution >= 0.6 is 0 Å². The highest BCUT2D eigenvalue weighted by atomic mass is 16.4. The minimum absolute atomic E-state index is 0.0976. The molecule has 19 heavy (non-hydrogen) atoms. The third kappa shape index (κ3) is 4.59. The molecule has 0 heterocycles. The van der Waals surface area contributed by atoms with Crippen molar-refractivity contribution in [2.45, 2.75) is 25.9 Å². The Hall–Kier alpha value is -2.08. The van der Waals surface area contributed by atoms with E-state index in [0.717, 1.165) is 5.56 Å². The Morgan fingerprint density at radius 3 is 2.58 bits per heavy atom. The van der Waals surface area contributed by atoms with E-state index in [-0.39, 0.29) is 6.54 Å². The van der Waals surface area contributed by atoms with Crippen LogP contribution in [0.25, 0.3) is 0 Å². The first-order chi connectivity index (χ1) is 8.93. The highest BCUT2D eigenvalue weighted by Gasteiger charge is 2.25. The number of hydrogen-bond acceptors (Lipinski definition) is 4. The van der Waals surface area contributed by atoms with Crippen LogP contribution < -0.4 is 11.5 Å². The molecule has 104 valence electrons. The van der Waals surface area contributed by atoms with Gasteiger partial charge >= 0.3 is 5.97 Å². The van der Waals surface area contributed by atoms with Crippen LogP contribution in [0.4, 0.5) is 5.69 Å². The summed E-state index contributed by atoms with van der Waals surface area (Å²) in [7, 11) is 0. The Morgan fingerprint density at radius 1 is 1.42 bits per heavy atom. The fraction of sp³-hybridized carbons (Fsp3) is 0.385. The van der Waals surface area contributed by atoms with Crippen molar-refractivity contribution in [3.05, 3.63) is 29.8 Å². The lowest BCUT2D eigenvalue weighted by atomic mass is 10.1. The maximum atomic E-state index is 11.2. The van der Waals surface area contributed by atoms with E-state index >= 15 is 0 Å². The number of aliphatic carboxylic acids is 1. The minimum Gasteiger partial charge on any atom is -0.480 e. The number of benzene rings is 1. The number of amides is 1. The monoisotopic (exact) mass is 265 g/mol. The molecule has 1 rings (SSSR count). The van der Waals surface area contributed by atoms with Gasteiger partial charge in [0.1, 0.15) is 6.04 Å². The molecular weight excluding hydrogens is 246 g/mol. The molecule has 6 heteroatoms. The van der Waals surface area contributed by atoms with E-state index in [2.05, 4.69) is 0 Å². The van der Waals surface area contributed by atoms with Gasteiger partial charge in [-0.25, -0.2) is 0 Å². The van der Waals surface area contributed by atoms with Crippen LogP contribution in [0.15, 0.2) is 24.3 Å². The van der Waals surface area contributed by atoms with Crippen molar-refractivity contribution in [3.8, 4) is 0 Å². The van der Waals surface area contributed by atoms with Gasteiger partial charge in [0.05, 0.1) is 6.54 Å². The van der Waals surface area contributed by atoms with Crippen molar-refractivity contribution in [2.75, 3.05) is 12.3 Å². The number of anilines is 1. The number of nitrogen functional groups attached to an aromatic ring is 1. The summed E-state index contributed by atoms with van der Waals surface area (Å²) < 4.78 is 0. The first-order valence-corrected chi connectivity index (χ1v) is 6.03. The fourth-order valence-corrected chi connectivity index (χ4v) is 1.99. The second kappa shape index (κ2) is 6.75. The molecule has 1 unspecified atom stereocenters. The molecule has 0 fully saturated rings. The summed E-state index contributed by atoms with van der Waals surface area (Å²) >= 11 is 0. The molecule has 0 spiro atoms. The second-order valence-electron chi connectivity index (χ2n) is 4.38. The van der Waals surface area contributed by atoms with E-state index in [4.69, 9.17) is 11.5 Å². The number of carbonyl (C=O) groups excluding carboxylic acids is 1. The number of hydrogen-bond donors (Lipinski definition) is 3. The zero-order valence-electron chi connectivity index (χ0n) is 10.9. The molecule has 1 aromatic rings. The lowest BCUT2D eigenvalue weighted by Gasteiger charge is -2.26. The number of nitrogens with zero attached hydrogens (tertiary/aromatic N) is 1. The molecular formula is C13H19N3O3. The van der Waals surface area contributed by atoms with Gasteiger partial charge in [-0.05, 0) is 24.1 Å². The van der Waals surface area contributed by atoms with Crippen LogP contribution in [0.3, 0.4) is 0 Å². The standard InChI is InChI=1S/C13H19N3O3/c1-2-11(13(18)19)16(8-12(15)17)7-9-4-3-5-10(14)6-9/h3-6,11H,2,7-8,14H2,1H3,(H2,15,17)(H,18,19). The molecule has 0 aromatic heterocycles. The van der Waals surface area contributed by atoms with Crippen LogP contribution in [0.5, 0.6) is 0 Å². The zero-order chi connectivity index (χ0) is 14.4. The Balaban J connectivity index is 2.90. The molecule has 1 amide bonds. The van der Waals surface area contributed by atoms with E-state index in [1.165, 1.54) is 0 Å². The van der Waals surface area contributed by atoms with Crippen molar-refractivity contribution in [1.82, 2.24) is 4.90 Å². The molecule has 0 aliphatic heterocycles. The van der Waals surface area contributed by atoms with Gasteiger partial charge in [-0.2, -0.15) is 0 Å². The number of carboxylic acid groups (broad SMARTS) is 1. The lowest BCUT2D eigenvalue weighted by molar-refractivity contribution is -0.144.